The zero-order valence-electron chi connectivity index (χ0n) is 14.9. The quantitative estimate of drug-likeness (QED) is 0.546. The summed E-state index contributed by atoms with van der Waals surface area (Å²) < 4.78 is 1.97. The van der Waals surface area contributed by atoms with E-state index in [4.69, 9.17) is 11.6 Å². The van der Waals surface area contributed by atoms with Gasteiger partial charge in [-0.1, -0.05) is 41.9 Å². The van der Waals surface area contributed by atoms with Crippen molar-refractivity contribution in [2.24, 2.45) is 0 Å². The molecule has 0 spiro atoms. The predicted octanol–water partition coefficient (Wildman–Crippen LogP) is 3.36. The van der Waals surface area contributed by atoms with Crippen molar-refractivity contribution in [2.75, 3.05) is 0 Å². The van der Waals surface area contributed by atoms with Crippen molar-refractivity contribution >= 4 is 28.4 Å². The third-order valence-electron chi connectivity index (χ3n) is 4.48. The summed E-state index contributed by atoms with van der Waals surface area (Å²) in [5.41, 5.74) is 2.29. The van der Waals surface area contributed by atoms with Gasteiger partial charge in [0.15, 0.2) is 0 Å². The van der Waals surface area contributed by atoms with Crippen LogP contribution in [0.5, 0.6) is 0 Å². The van der Waals surface area contributed by atoms with Crippen LogP contribution in [0.4, 0.5) is 0 Å². The number of amides is 1. The second kappa shape index (κ2) is 7.70. The molecular formula is C21H17ClN4O2. The van der Waals surface area contributed by atoms with Gasteiger partial charge in [0.1, 0.15) is 5.56 Å². The number of aromatic amines is 1. The average molecular weight is 393 g/mol. The van der Waals surface area contributed by atoms with Crippen molar-refractivity contribution in [1.82, 2.24) is 19.9 Å². The number of hydrogen-bond acceptors (Lipinski definition) is 3. The van der Waals surface area contributed by atoms with E-state index in [9.17, 15) is 9.59 Å². The SMILES string of the molecule is O=C(NCc1cccc(Cn2ccnc2)c1)c1c[nH]c2c(Cl)cccc2c1=O. The Hall–Kier alpha value is -3.38. The molecule has 4 aromatic rings. The fourth-order valence-corrected chi connectivity index (χ4v) is 3.32. The van der Waals surface area contributed by atoms with Crippen LogP contribution in [0.15, 0.2) is 72.2 Å². The van der Waals surface area contributed by atoms with Crippen molar-refractivity contribution in [1.29, 1.82) is 0 Å². The number of nitrogens with zero attached hydrogens (tertiary/aromatic N) is 2. The molecule has 28 heavy (non-hydrogen) atoms. The number of rotatable bonds is 5. The smallest absolute Gasteiger partial charge is 0.257 e. The highest BCUT2D eigenvalue weighted by Gasteiger charge is 2.14. The fourth-order valence-electron chi connectivity index (χ4n) is 3.09. The van der Waals surface area contributed by atoms with Crippen LogP contribution < -0.4 is 10.7 Å². The Kier molecular flexibility index (Phi) is 4.95. The number of carbonyl (C=O) groups is 1. The topological polar surface area (TPSA) is 79.8 Å². The van der Waals surface area contributed by atoms with Gasteiger partial charge in [-0.3, -0.25) is 9.59 Å². The number of halogens is 1. The summed E-state index contributed by atoms with van der Waals surface area (Å²) in [5.74, 6) is -0.428. The van der Waals surface area contributed by atoms with E-state index < -0.39 is 5.91 Å². The molecule has 0 fully saturated rings. The van der Waals surface area contributed by atoms with Gasteiger partial charge in [0.05, 0.1) is 16.9 Å². The van der Waals surface area contributed by atoms with E-state index >= 15 is 0 Å². The van der Waals surface area contributed by atoms with Crippen molar-refractivity contribution in [3.63, 3.8) is 0 Å². The Morgan fingerprint density at radius 1 is 1.18 bits per heavy atom. The maximum atomic E-state index is 12.6. The Bertz CT molecular complexity index is 1200. The minimum Gasteiger partial charge on any atom is -0.359 e. The molecule has 0 saturated carbocycles. The first-order valence-electron chi connectivity index (χ1n) is 8.73. The van der Waals surface area contributed by atoms with Crippen LogP contribution in [-0.4, -0.2) is 20.4 Å². The molecule has 2 aromatic heterocycles. The first-order chi connectivity index (χ1) is 13.6. The number of benzene rings is 2. The van der Waals surface area contributed by atoms with E-state index in [1.165, 1.54) is 6.20 Å². The third kappa shape index (κ3) is 3.68. The average Bonchev–Trinajstić information content (AvgIpc) is 3.20. The van der Waals surface area contributed by atoms with E-state index in [0.29, 0.717) is 29.0 Å². The highest BCUT2D eigenvalue weighted by Crippen LogP contribution is 2.18. The Labute approximate surface area is 165 Å². The van der Waals surface area contributed by atoms with E-state index in [1.807, 2.05) is 35.0 Å². The van der Waals surface area contributed by atoms with Gasteiger partial charge in [0.25, 0.3) is 5.91 Å². The number of hydrogen-bond donors (Lipinski definition) is 2. The molecule has 2 N–H and O–H groups in total. The van der Waals surface area contributed by atoms with Gasteiger partial charge >= 0.3 is 0 Å². The van der Waals surface area contributed by atoms with Gasteiger partial charge in [0.2, 0.25) is 5.43 Å². The lowest BCUT2D eigenvalue weighted by atomic mass is 10.1. The molecule has 2 heterocycles. The van der Waals surface area contributed by atoms with Crippen molar-refractivity contribution in [3.8, 4) is 0 Å². The Balaban J connectivity index is 1.50. The molecule has 6 nitrogen and oxygen atoms in total. The van der Waals surface area contributed by atoms with Crippen molar-refractivity contribution < 1.29 is 4.79 Å². The van der Waals surface area contributed by atoms with Gasteiger partial charge in [-0.05, 0) is 23.3 Å². The van der Waals surface area contributed by atoms with Gasteiger partial charge < -0.3 is 14.9 Å². The molecule has 140 valence electrons. The highest BCUT2D eigenvalue weighted by molar-refractivity contribution is 6.35. The monoisotopic (exact) mass is 392 g/mol. The summed E-state index contributed by atoms with van der Waals surface area (Å²) >= 11 is 6.09. The minimum atomic E-state index is -0.428. The molecule has 0 atom stereocenters. The van der Waals surface area contributed by atoms with E-state index in [1.54, 1.807) is 30.7 Å². The minimum absolute atomic E-state index is 0.0596. The molecule has 0 aliphatic heterocycles. The van der Waals surface area contributed by atoms with Crippen LogP contribution in [0.3, 0.4) is 0 Å². The van der Waals surface area contributed by atoms with Crippen LogP contribution in [0.25, 0.3) is 10.9 Å². The number of imidazole rings is 1. The molecule has 0 saturated heterocycles. The zero-order valence-corrected chi connectivity index (χ0v) is 15.6. The maximum absolute atomic E-state index is 12.6. The predicted molar refractivity (Wildman–Crippen MR) is 109 cm³/mol. The molecular weight excluding hydrogens is 376 g/mol. The molecule has 0 unspecified atom stereocenters. The van der Waals surface area contributed by atoms with E-state index in [0.717, 1.165) is 11.1 Å². The van der Waals surface area contributed by atoms with Gasteiger partial charge in [0, 0.05) is 37.1 Å². The lowest BCUT2D eigenvalue weighted by Crippen LogP contribution is -2.28. The number of aromatic nitrogens is 3. The lowest BCUT2D eigenvalue weighted by molar-refractivity contribution is 0.0949. The largest absolute Gasteiger partial charge is 0.359 e. The van der Waals surface area contributed by atoms with Crippen LogP contribution >= 0.6 is 11.6 Å². The molecule has 1 amide bonds. The summed E-state index contributed by atoms with van der Waals surface area (Å²) in [4.78, 5) is 32.1. The maximum Gasteiger partial charge on any atom is 0.257 e. The van der Waals surface area contributed by atoms with Crippen LogP contribution in [0, 0.1) is 0 Å². The molecule has 0 bridgehead atoms. The standard InChI is InChI=1S/C21H17ClN4O2/c22-18-6-2-5-16-19(18)24-11-17(20(16)27)21(28)25-10-14-3-1-4-15(9-14)12-26-8-7-23-13-26/h1-9,11,13H,10,12H2,(H,24,27)(H,25,28). The highest BCUT2D eigenvalue weighted by atomic mass is 35.5. The summed E-state index contributed by atoms with van der Waals surface area (Å²) in [6.07, 6.45) is 6.79. The Morgan fingerprint density at radius 3 is 2.82 bits per heavy atom. The molecule has 0 aliphatic carbocycles. The van der Waals surface area contributed by atoms with Gasteiger partial charge in [-0.2, -0.15) is 0 Å². The molecule has 4 rings (SSSR count). The molecule has 0 aliphatic rings. The summed E-state index contributed by atoms with van der Waals surface area (Å²) in [7, 11) is 0. The number of fused-ring (bicyclic) bond motifs is 1. The van der Waals surface area contributed by atoms with E-state index in [-0.39, 0.29) is 11.0 Å². The number of pyridine rings is 1. The van der Waals surface area contributed by atoms with Crippen LogP contribution in [0.2, 0.25) is 5.02 Å². The summed E-state index contributed by atoms with van der Waals surface area (Å²) in [5, 5.41) is 3.64. The fraction of sp³-hybridized carbons (Fsp3) is 0.0952. The van der Waals surface area contributed by atoms with Crippen molar-refractivity contribution in [3.05, 3.63) is 99.3 Å². The number of carbonyl (C=O) groups excluding carboxylic acids is 1. The number of H-pyrrole nitrogens is 1. The van der Waals surface area contributed by atoms with Crippen LogP contribution in [0.1, 0.15) is 21.5 Å². The Morgan fingerprint density at radius 2 is 2.00 bits per heavy atom. The molecule has 2 aromatic carbocycles. The zero-order chi connectivity index (χ0) is 19.5. The summed E-state index contributed by atoms with van der Waals surface area (Å²) in [6, 6.07) is 12.9. The van der Waals surface area contributed by atoms with Gasteiger partial charge in [-0.15, -0.1) is 0 Å². The summed E-state index contributed by atoms with van der Waals surface area (Å²) in [6.45, 7) is 1.02. The van der Waals surface area contributed by atoms with Gasteiger partial charge in [-0.25, -0.2) is 4.98 Å². The molecule has 0 radical (unpaired) electrons. The van der Waals surface area contributed by atoms with E-state index in [2.05, 4.69) is 15.3 Å². The normalized spacial score (nSPS) is 10.9. The molecule has 7 heteroatoms. The first-order valence-corrected chi connectivity index (χ1v) is 9.11. The van der Waals surface area contributed by atoms with Crippen molar-refractivity contribution in [2.45, 2.75) is 13.1 Å². The number of nitrogens with one attached hydrogen (secondary N) is 2. The first kappa shape index (κ1) is 18.0. The lowest BCUT2D eigenvalue weighted by Gasteiger charge is -2.09. The second-order valence-corrected chi connectivity index (χ2v) is 6.84. The number of para-hydroxylation sites is 1. The third-order valence-corrected chi connectivity index (χ3v) is 4.79. The van der Waals surface area contributed by atoms with Crippen LogP contribution in [-0.2, 0) is 13.1 Å². The second-order valence-electron chi connectivity index (χ2n) is 6.43.